The van der Waals surface area contributed by atoms with Crippen LogP contribution in [0.5, 0.6) is 5.75 Å². The van der Waals surface area contributed by atoms with Crippen LogP contribution in [0.1, 0.15) is 15.9 Å². The molecule has 0 aliphatic heterocycles. The van der Waals surface area contributed by atoms with E-state index in [0.717, 1.165) is 5.56 Å². The van der Waals surface area contributed by atoms with E-state index in [9.17, 15) is 4.79 Å². The van der Waals surface area contributed by atoms with Crippen LogP contribution >= 0.6 is 0 Å². The van der Waals surface area contributed by atoms with Crippen LogP contribution in [0.15, 0.2) is 48.5 Å². The summed E-state index contributed by atoms with van der Waals surface area (Å²) in [4.78, 5) is 13.6. The van der Waals surface area contributed by atoms with Crippen molar-refractivity contribution in [3.05, 3.63) is 59.7 Å². The molecule has 0 bridgehead atoms. The molecular formula is C16H18N2O2. The summed E-state index contributed by atoms with van der Waals surface area (Å²) in [6, 6.07) is 14.9. The van der Waals surface area contributed by atoms with Crippen LogP contribution in [0, 0.1) is 0 Å². The highest BCUT2D eigenvalue weighted by atomic mass is 16.5. The van der Waals surface area contributed by atoms with Crippen molar-refractivity contribution in [2.24, 2.45) is 0 Å². The predicted octanol–water partition coefficient (Wildman–Crippen LogP) is 2.55. The maximum absolute atomic E-state index is 12.1. The minimum atomic E-state index is -0.104. The number of nitrogens with two attached hydrogens (primary N) is 1. The van der Waals surface area contributed by atoms with E-state index >= 15 is 0 Å². The number of rotatable bonds is 4. The smallest absolute Gasteiger partial charge is 0.257 e. The fraction of sp³-hybridized carbons (Fsp3) is 0.188. The SMILES string of the molecule is CN(C)C(=O)c1ccc(N)cc1OCc1ccccc1. The average molecular weight is 270 g/mol. The number of anilines is 1. The summed E-state index contributed by atoms with van der Waals surface area (Å²) in [6.07, 6.45) is 0. The molecule has 4 heteroatoms. The van der Waals surface area contributed by atoms with Crippen LogP contribution in [-0.2, 0) is 6.61 Å². The van der Waals surface area contributed by atoms with E-state index in [1.54, 1.807) is 32.3 Å². The molecule has 0 unspecified atom stereocenters. The van der Waals surface area contributed by atoms with Gasteiger partial charge in [-0.3, -0.25) is 4.79 Å². The van der Waals surface area contributed by atoms with Crippen LogP contribution in [0.4, 0.5) is 5.69 Å². The molecule has 0 heterocycles. The molecule has 0 atom stereocenters. The summed E-state index contributed by atoms with van der Waals surface area (Å²) >= 11 is 0. The Labute approximate surface area is 118 Å². The van der Waals surface area contributed by atoms with E-state index in [2.05, 4.69) is 0 Å². The lowest BCUT2D eigenvalue weighted by Crippen LogP contribution is -2.22. The lowest BCUT2D eigenvalue weighted by atomic mass is 10.1. The van der Waals surface area contributed by atoms with E-state index in [1.807, 2.05) is 30.3 Å². The van der Waals surface area contributed by atoms with Crippen LogP contribution < -0.4 is 10.5 Å². The molecule has 20 heavy (non-hydrogen) atoms. The fourth-order valence-corrected chi connectivity index (χ4v) is 1.81. The first-order valence-electron chi connectivity index (χ1n) is 6.36. The van der Waals surface area contributed by atoms with Gasteiger partial charge < -0.3 is 15.4 Å². The van der Waals surface area contributed by atoms with Crippen LogP contribution in [-0.4, -0.2) is 24.9 Å². The van der Waals surface area contributed by atoms with Gasteiger partial charge in [-0.2, -0.15) is 0 Å². The van der Waals surface area contributed by atoms with Crippen LogP contribution in [0.25, 0.3) is 0 Å². The second-order valence-electron chi connectivity index (χ2n) is 4.73. The van der Waals surface area contributed by atoms with Crippen molar-refractivity contribution in [2.45, 2.75) is 6.61 Å². The Kier molecular flexibility index (Phi) is 4.25. The van der Waals surface area contributed by atoms with Gasteiger partial charge in [-0.25, -0.2) is 0 Å². The number of ether oxygens (including phenoxy) is 1. The quantitative estimate of drug-likeness (QED) is 0.869. The van der Waals surface area contributed by atoms with Gasteiger partial charge in [0.2, 0.25) is 0 Å². The second kappa shape index (κ2) is 6.10. The molecule has 0 aliphatic carbocycles. The Hall–Kier alpha value is -2.49. The van der Waals surface area contributed by atoms with Gasteiger partial charge in [-0.05, 0) is 17.7 Å². The van der Waals surface area contributed by atoms with Crippen LogP contribution in [0.3, 0.4) is 0 Å². The predicted molar refractivity (Wildman–Crippen MR) is 79.6 cm³/mol. The molecular weight excluding hydrogens is 252 g/mol. The third kappa shape index (κ3) is 3.29. The minimum absolute atomic E-state index is 0.104. The summed E-state index contributed by atoms with van der Waals surface area (Å²) in [6.45, 7) is 0.401. The molecule has 2 rings (SSSR count). The maximum atomic E-state index is 12.1. The lowest BCUT2D eigenvalue weighted by Gasteiger charge is -2.15. The number of nitrogen functional groups attached to an aromatic ring is 1. The van der Waals surface area contributed by atoms with Gasteiger partial charge in [0.1, 0.15) is 12.4 Å². The van der Waals surface area contributed by atoms with Gasteiger partial charge in [0, 0.05) is 25.8 Å². The van der Waals surface area contributed by atoms with E-state index in [4.69, 9.17) is 10.5 Å². The zero-order valence-corrected chi connectivity index (χ0v) is 11.7. The Morgan fingerprint density at radius 2 is 1.85 bits per heavy atom. The number of benzene rings is 2. The summed E-state index contributed by atoms with van der Waals surface area (Å²) in [7, 11) is 3.42. The fourth-order valence-electron chi connectivity index (χ4n) is 1.81. The summed E-state index contributed by atoms with van der Waals surface area (Å²) in [5, 5.41) is 0. The van der Waals surface area contributed by atoms with Crippen molar-refractivity contribution in [2.75, 3.05) is 19.8 Å². The zero-order chi connectivity index (χ0) is 14.5. The van der Waals surface area contributed by atoms with Crippen molar-refractivity contribution in [1.82, 2.24) is 4.90 Å². The highest BCUT2D eigenvalue weighted by molar-refractivity contribution is 5.97. The van der Waals surface area contributed by atoms with Gasteiger partial charge >= 0.3 is 0 Å². The number of carbonyl (C=O) groups excluding carboxylic acids is 1. The van der Waals surface area contributed by atoms with Crippen LogP contribution in [0.2, 0.25) is 0 Å². The summed E-state index contributed by atoms with van der Waals surface area (Å²) in [5.41, 5.74) is 7.89. The minimum Gasteiger partial charge on any atom is -0.488 e. The number of hydrogen-bond acceptors (Lipinski definition) is 3. The van der Waals surface area contributed by atoms with Crippen molar-refractivity contribution in [3.63, 3.8) is 0 Å². The number of amides is 1. The molecule has 0 radical (unpaired) electrons. The Morgan fingerprint density at radius 1 is 1.15 bits per heavy atom. The topological polar surface area (TPSA) is 55.6 Å². The highest BCUT2D eigenvalue weighted by Gasteiger charge is 2.14. The van der Waals surface area contributed by atoms with Crippen molar-refractivity contribution in [3.8, 4) is 5.75 Å². The van der Waals surface area contributed by atoms with E-state index in [1.165, 1.54) is 4.90 Å². The Bertz CT molecular complexity index is 595. The largest absolute Gasteiger partial charge is 0.488 e. The average Bonchev–Trinajstić information content (AvgIpc) is 2.45. The molecule has 0 aromatic heterocycles. The maximum Gasteiger partial charge on any atom is 0.257 e. The van der Waals surface area contributed by atoms with E-state index in [0.29, 0.717) is 23.6 Å². The van der Waals surface area contributed by atoms with Gasteiger partial charge in [0.15, 0.2) is 0 Å². The van der Waals surface area contributed by atoms with Crippen molar-refractivity contribution < 1.29 is 9.53 Å². The van der Waals surface area contributed by atoms with Gasteiger partial charge in [-0.15, -0.1) is 0 Å². The van der Waals surface area contributed by atoms with Crippen molar-refractivity contribution in [1.29, 1.82) is 0 Å². The number of carbonyl (C=O) groups is 1. The normalized spacial score (nSPS) is 10.1. The Balaban J connectivity index is 2.21. The molecule has 2 aromatic rings. The molecule has 0 spiro atoms. The number of nitrogens with zero attached hydrogens (tertiary/aromatic N) is 1. The van der Waals surface area contributed by atoms with Gasteiger partial charge in [0.05, 0.1) is 5.56 Å². The molecule has 2 N–H and O–H groups in total. The van der Waals surface area contributed by atoms with E-state index < -0.39 is 0 Å². The third-order valence-corrected chi connectivity index (χ3v) is 2.88. The first-order valence-corrected chi connectivity index (χ1v) is 6.36. The first kappa shape index (κ1) is 13.9. The summed E-state index contributed by atoms with van der Waals surface area (Å²) in [5.74, 6) is 0.403. The monoisotopic (exact) mass is 270 g/mol. The molecule has 0 aliphatic rings. The van der Waals surface area contributed by atoms with Gasteiger partial charge in [0.25, 0.3) is 5.91 Å². The second-order valence-corrected chi connectivity index (χ2v) is 4.73. The molecule has 0 saturated heterocycles. The molecule has 104 valence electrons. The molecule has 2 aromatic carbocycles. The summed E-state index contributed by atoms with van der Waals surface area (Å²) < 4.78 is 5.75. The first-order chi connectivity index (χ1) is 9.58. The standard InChI is InChI=1S/C16H18N2O2/c1-18(2)16(19)14-9-8-13(17)10-15(14)20-11-12-6-4-3-5-7-12/h3-10H,11,17H2,1-2H3. The van der Waals surface area contributed by atoms with Crippen molar-refractivity contribution >= 4 is 11.6 Å². The lowest BCUT2D eigenvalue weighted by molar-refractivity contribution is 0.0823. The molecule has 0 saturated carbocycles. The molecule has 4 nitrogen and oxygen atoms in total. The van der Waals surface area contributed by atoms with Gasteiger partial charge in [-0.1, -0.05) is 30.3 Å². The third-order valence-electron chi connectivity index (χ3n) is 2.88. The highest BCUT2D eigenvalue weighted by Crippen LogP contribution is 2.24. The molecule has 1 amide bonds. The number of hydrogen-bond donors (Lipinski definition) is 1. The zero-order valence-electron chi connectivity index (χ0n) is 11.7. The molecule has 0 fully saturated rings. The van der Waals surface area contributed by atoms with E-state index in [-0.39, 0.29) is 5.91 Å². The Morgan fingerprint density at radius 3 is 2.50 bits per heavy atom.